The molecule has 2 aromatic carbocycles. The lowest BCUT2D eigenvalue weighted by Crippen LogP contribution is -2.04. The molecule has 0 heterocycles. The maximum atomic E-state index is 10.8. The average molecular weight is 256 g/mol. The van der Waals surface area contributed by atoms with Gasteiger partial charge in [-0.1, -0.05) is 30.3 Å². The number of carbonyl (C=O) groups is 1. The summed E-state index contributed by atoms with van der Waals surface area (Å²) in [5.41, 5.74) is 1.64. The molecule has 3 nitrogen and oxygen atoms in total. The minimum absolute atomic E-state index is 0.114. The van der Waals surface area contributed by atoms with Crippen LogP contribution in [-0.2, 0) is 0 Å². The number of methoxy groups -OCH3 is 1. The molecule has 0 amide bonds. The van der Waals surface area contributed by atoms with E-state index in [1.54, 1.807) is 25.3 Å². The third-order valence-corrected chi connectivity index (χ3v) is 2.90. The number of ether oxygens (including phenoxy) is 2. The highest BCUT2D eigenvalue weighted by molar-refractivity contribution is 5.76. The Kier molecular flexibility index (Phi) is 4.18. The first-order chi connectivity index (χ1) is 9.24. The van der Waals surface area contributed by atoms with Crippen molar-refractivity contribution in [3.05, 3.63) is 59.7 Å². The summed E-state index contributed by atoms with van der Waals surface area (Å²) in [7, 11) is 1.58. The summed E-state index contributed by atoms with van der Waals surface area (Å²) in [4.78, 5) is 10.8. The second kappa shape index (κ2) is 6.05. The number of benzene rings is 2. The van der Waals surface area contributed by atoms with Gasteiger partial charge in [0.1, 0.15) is 12.4 Å². The molecular formula is C16H16O3. The molecule has 2 rings (SSSR count). The molecule has 0 aromatic heterocycles. The van der Waals surface area contributed by atoms with Crippen molar-refractivity contribution in [2.75, 3.05) is 7.11 Å². The third kappa shape index (κ3) is 3.13. The minimum Gasteiger partial charge on any atom is -0.493 e. The highest BCUT2D eigenvalue weighted by Crippen LogP contribution is 2.31. The Hall–Kier alpha value is -2.29. The summed E-state index contributed by atoms with van der Waals surface area (Å²) >= 11 is 0. The van der Waals surface area contributed by atoms with E-state index in [9.17, 15) is 4.79 Å². The highest BCUT2D eigenvalue weighted by atomic mass is 16.5. The van der Waals surface area contributed by atoms with Gasteiger partial charge in [-0.05, 0) is 30.7 Å². The summed E-state index contributed by atoms with van der Waals surface area (Å²) in [6.45, 7) is 1.96. The lowest BCUT2D eigenvalue weighted by Gasteiger charge is -2.17. The predicted octanol–water partition coefficient (Wildman–Crippen LogP) is 3.65. The Bertz CT molecular complexity index is 549. The lowest BCUT2D eigenvalue weighted by molar-refractivity contribution is 0.112. The molecule has 0 aliphatic carbocycles. The van der Waals surface area contributed by atoms with Gasteiger partial charge in [-0.3, -0.25) is 4.79 Å². The first-order valence-corrected chi connectivity index (χ1v) is 6.09. The molecule has 98 valence electrons. The van der Waals surface area contributed by atoms with Crippen LogP contribution in [0.25, 0.3) is 0 Å². The van der Waals surface area contributed by atoms with Gasteiger partial charge < -0.3 is 9.47 Å². The van der Waals surface area contributed by atoms with Crippen LogP contribution in [0, 0.1) is 0 Å². The average Bonchev–Trinajstić information content (AvgIpc) is 2.48. The molecule has 1 unspecified atom stereocenters. The van der Waals surface area contributed by atoms with Gasteiger partial charge in [-0.2, -0.15) is 0 Å². The Morgan fingerprint density at radius 2 is 1.79 bits per heavy atom. The van der Waals surface area contributed by atoms with E-state index < -0.39 is 0 Å². The summed E-state index contributed by atoms with van der Waals surface area (Å²) < 4.78 is 11.1. The van der Waals surface area contributed by atoms with E-state index in [-0.39, 0.29) is 6.10 Å². The molecule has 0 aliphatic rings. The van der Waals surface area contributed by atoms with Crippen molar-refractivity contribution >= 4 is 6.29 Å². The highest BCUT2D eigenvalue weighted by Gasteiger charge is 2.11. The topological polar surface area (TPSA) is 35.5 Å². The number of hydrogen-bond acceptors (Lipinski definition) is 3. The zero-order valence-corrected chi connectivity index (χ0v) is 11.0. The zero-order chi connectivity index (χ0) is 13.7. The smallest absolute Gasteiger partial charge is 0.162 e. The first kappa shape index (κ1) is 13.1. The molecule has 2 aromatic rings. The van der Waals surface area contributed by atoms with Crippen molar-refractivity contribution in [3.8, 4) is 11.5 Å². The van der Waals surface area contributed by atoms with Gasteiger partial charge in [0.15, 0.2) is 11.5 Å². The summed E-state index contributed by atoms with van der Waals surface area (Å²) in [6.07, 6.45) is 0.677. The minimum atomic E-state index is -0.114. The second-order valence-corrected chi connectivity index (χ2v) is 4.20. The molecule has 0 N–H and O–H groups in total. The van der Waals surface area contributed by atoms with Gasteiger partial charge in [0.2, 0.25) is 0 Å². The normalized spacial score (nSPS) is 11.7. The molecule has 0 aliphatic heterocycles. The monoisotopic (exact) mass is 256 g/mol. The molecule has 0 saturated carbocycles. The maximum absolute atomic E-state index is 10.8. The predicted molar refractivity (Wildman–Crippen MR) is 73.9 cm³/mol. The van der Waals surface area contributed by atoms with Gasteiger partial charge in [0.25, 0.3) is 0 Å². The molecule has 0 bridgehead atoms. The maximum Gasteiger partial charge on any atom is 0.162 e. The number of rotatable bonds is 5. The molecule has 0 radical (unpaired) electrons. The first-order valence-electron chi connectivity index (χ1n) is 6.09. The van der Waals surface area contributed by atoms with E-state index >= 15 is 0 Å². The second-order valence-electron chi connectivity index (χ2n) is 4.20. The van der Waals surface area contributed by atoms with Crippen molar-refractivity contribution < 1.29 is 14.3 Å². The van der Waals surface area contributed by atoms with Crippen LogP contribution in [0.2, 0.25) is 0 Å². The largest absolute Gasteiger partial charge is 0.493 e. The van der Waals surface area contributed by atoms with Crippen LogP contribution in [0.15, 0.2) is 48.5 Å². The number of carbonyl (C=O) groups excluding carboxylic acids is 1. The molecule has 0 fully saturated rings. The van der Waals surface area contributed by atoms with E-state index in [1.165, 1.54) is 0 Å². The Labute approximate surface area is 112 Å². The van der Waals surface area contributed by atoms with E-state index in [2.05, 4.69) is 0 Å². The van der Waals surface area contributed by atoms with Crippen molar-refractivity contribution in [1.29, 1.82) is 0 Å². The van der Waals surface area contributed by atoms with E-state index in [1.807, 2.05) is 37.3 Å². The van der Waals surface area contributed by atoms with Crippen LogP contribution in [0.5, 0.6) is 11.5 Å². The fraction of sp³-hybridized carbons (Fsp3) is 0.188. The van der Waals surface area contributed by atoms with E-state index in [0.29, 0.717) is 17.1 Å². The van der Waals surface area contributed by atoms with Gasteiger partial charge >= 0.3 is 0 Å². The molecule has 0 saturated heterocycles. The van der Waals surface area contributed by atoms with Gasteiger partial charge in [-0.25, -0.2) is 0 Å². The number of hydrogen-bond donors (Lipinski definition) is 0. The summed E-state index contributed by atoms with van der Waals surface area (Å²) in [5, 5.41) is 0. The van der Waals surface area contributed by atoms with E-state index in [0.717, 1.165) is 11.8 Å². The van der Waals surface area contributed by atoms with Gasteiger partial charge in [0, 0.05) is 5.56 Å². The quantitative estimate of drug-likeness (QED) is 0.766. The van der Waals surface area contributed by atoms with Crippen LogP contribution in [0.4, 0.5) is 0 Å². The summed E-state index contributed by atoms with van der Waals surface area (Å²) in [5.74, 6) is 1.19. The fourth-order valence-corrected chi connectivity index (χ4v) is 1.84. The SMILES string of the molecule is COc1ccc(C=O)cc1OC(C)c1ccccc1. The molecule has 1 atom stereocenters. The molecule has 0 spiro atoms. The standard InChI is InChI=1S/C16H16O3/c1-12(14-6-4-3-5-7-14)19-16-10-13(11-17)8-9-15(16)18-2/h3-12H,1-2H3. The van der Waals surface area contributed by atoms with Crippen LogP contribution in [0.1, 0.15) is 28.9 Å². The van der Waals surface area contributed by atoms with Crippen LogP contribution in [0.3, 0.4) is 0 Å². The van der Waals surface area contributed by atoms with Crippen LogP contribution >= 0.6 is 0 Å². The molecule has 3 heteroatoms. The lowest BCUT2D eigenvalue weighted by atomic mass is 10.1. The molecular weight excluding hydrogens is 240 g/mol. The summed E-state index contributed by atoms with van der Waals surface area (Å²) in [6, 6.07) is 15.0. The fourth-order valence-electron chi connectivity index (χ4n) is 1.84. The van der Waals surface area contributed by atoms with Crippen molar-refractivity contribution in [2.24, 2.45) is 0 Å². The van der Waals surface area contributed by atoms with Crippen LogP contribution in [-0.4, -0.2) is 13.4 Å². The number of aldehydes is 1. The Balaban J connectivity index is 2.24. The van der Waals surface area contributed by atoms with Crippen molar-refractivity contribution in [3.63, 3.8) is 0 Å². The van der Waals surface area contributed by atoms with Gasteiger partial charge in [-0.15, -0.1) is 0 Å². The van der Waals surface area contributed by atoms with Gasteiger partial charge in [0.05, 0.1) is 7.11 Å². The third-order valence-electron chi connectivity index (χ3n) is 2.90. The van der Waals surface area contributed by atoms with Crippen molar-refractivity contribution in [2.45, 2.75) is 13.0 Å². The van der Waals surface area contributed by atoms with Crippen molar-refractivity contribution in [1.82, 2.24) is 0 Å². The van der Waals surface area contributed by atoms with E-state index in [4.69, 9.17) is 9.47 Å². The zero-order valence-electron chi connectivity index (χ0n) is 11.0. The Morgan fingerprint density at radius 3 is 2.42 bits per heavy atom. The molecule has 19 heavy (non-hydrogen) atoms. The Morgan fingerprint density at radius 1 is 1.05 bits per heavy atom. The van der Waals surface area contributed by atoms with Crippen LogP contribution < -0.4 is 9.47 Å².